The van der Waals surface area contributed by atoms with Gasteiger partial charge in [0.05, 0.1) is 0 Å². The zero-order chi connectivity index (χ0) is 15.6. The number of fused-ring (bicyclic) bond motifs is 2. The van der Waals surface area contributed by atoms with Crippen LogP contribution in [0.2, 0.25) is 0 Å². The molecule has 0 nitrogen and oxygen atoms in total. The van der Waals surface area contributed by atoms with E-state index in [9.17, 15) is 0 Å². The van der Waals surface area contributed by atoms with E-state index in [1.54, 1.807) is 5.54 Å². The molecule has 0 heterocycles. The van der Waals surface area contributed by atoms with Gasteiger partial charge < -0.3 is 0 Å². The molecule has 2 aromatic rings. The highest BCUT2D eigenvalue weighted by molar-refractivity contribution is 6.29. The van der Waals surface area contributed by atoms with Gasteiger partial charge in [0.1, 0.15) is 0 Å². The normalized spacial score (nSPS) is 15.1. The van der Waals surface area contributed by atoms with Crippen molar-refractivity contribution in [2.45, 2.75) is 44.9 Å². The van der Waals surface area contributed by atoms with E-state index in [2.05, 4.69) is 62.4 Å². The van der Waals surface area contributed by atoms with Crippen molar-refractivity contribution in [2.75, 3.05) is 0 Å². The molecule has 0 fully saturated rings. The molecule has 3 rings (SSSR count). The summed E-state index contributed by atoms with van der Waals surface area (Å²) >= 11 is 6.22. The molecule has 0 N–H and O–H groups in total. The predicted molar refractivity (Wildman–Crippen MR) is 96.4 cm³/mol. The third-order valence-electron chi connectivity index (χ3n) is 4.93. The predicted octanol–water partition coefficient (Wildman–Crippen LogP) is 6.51. The van der Waals surface area contributed by atoms with E-state index in [-0.39, 0.29) is 5.41 Å². The van der Waals surface area contributed by atoms with Crippen LogP contribution < -0.4 is 0 Å². The summed E-state index contributed by atoms with van der Waals surface area (Å²) < 4.78 is 0. The lowest BCUT2D eigenvalue weighted by atomic mass is 9.61. The highest BCUT2D eigenvalue weighted by Crippen LogP contribution is 2.51. The van der Waals surface area contributed by atoms with Crippen LogP contribution in [0.3, 0.4) is 0 Å². The summed E-state index contributed by atoms with van der Waals surface area (Å²) in [7, 11) is 0. The lowest BCUT2D eigenvalue weighted by Gasteiger charge is -2.42. The summed E-state index contributed by atoms with van der Waals surface area (Å²) in [4.78, 5) is 0. The van der Waals surface area contributed by atoms with Gasteiger partial charge >= 0.3 is 0 Å². The Labute approximate surface area is 138 Å². The Kier molecular flexibility index (Phi) is 4.40. The van der Waals surface area contributed by atoms with E-state index >= 15 is 0 Å². The maximum absolute atomic E-state index is 6.22. The second-order valence-electron chi connectivity index (χ2n) is 6.20. The van der Waals surface area contributed by atoms with Crippen LogP contribution in [0, 0.1) is 0 Å². The van der Waals surface area contributed by atoms with Crippen LogP contribution in [0.25, 0.3) is 5.57 Å². The van der Waals surface area contributed by atoms with E-state index in [4.69, 9.17) is 11.6 Å². The number of rotatable bonds is 4. The monoisotopic (exact) mass is 310 g/mol. The van der Waals surface area contributed by atoms with E-state index in [1.807, 2.05) is 0 Å². The van der Waals surface area contributed by atoms with Gasteiger partial charge in [-0.3, -0.25) is 0 Å². The van der Waals surface area contributed by atoms with Crippen LogP contribution in [-0.4, -0.2) is 0 Å². The molecule has 0 radical (unpaired) electrons. The highest BCUT2D eigenvalue weighted by atomic mass is 35.5. The Bertz CT molecular complexity index is 639. The Morgan fingerprint density at radius 2 is 1.27 bits per heavy atom. The molecule has 0 amide bonds. The second-order valence-corrected chi connectivity index (χ2v) is 6.41. The van der Waals surface area contributed by atoms with Gasteiger partial charge in [-0.05, 0) is 35.1 Å². The molecule has 1 aliphatic rings. The van der Waals surface area contributed by atoms with E-state index < -0.39 is 0 Å². The zero-order valence-electron chi connectivity index (χ0n) is 13.4. The van der Waals surface area contributed by atoms with Gasteiger partial charge in [-0.25, -0.2) is 0 Å². The molecule has 1 aliphatic carbocycles. The largest absolute Gasteiger partial charge is 0.0923 e. The fraction of sp³-hybridized carbons (Fsp3) is 0.333. The first-order valence-corrected chi connectivity index (χ1v) is 8.72. The average molecular weight is 311 g/mol. The number of hydrogen-bond donors (Lipinski definition) is 0. The van der Waals surface area contributed by atoms with Gasteiger partial charge in [-0.2, -0.15) is 0 Å². The first-order chi connectivity index (χ1) is 10.8. The summed E-state index contributed by atoms with van der Waals surface area (Å²) in [6, 6.07) is 17.6. The SMILES string of the molecule is CCCC1(CCC)c2ccccc2C(=CCl)c2ccccc21. The van der Waals surface area contributed by atoms with Crippen LogP contribution in [0.1, 0.15) is 61.8 Å². The lowest BCUT2D eigenvalue weighted by molar-refractivity contribution is 0.421. The topological polar surface area (TPSA) is 0 Å². The van der Waals surface area contributed by atoms with Crippen LogP contribution >= 0.6 is 11.6 Å². The Hall–Kier alpha value is -1.53. The number of benzene rings is 2. The molecule has 114 valence electrons. The minimum Gasteiger partial charge on any atom is -0.0923 e. The molecular formula is C21H23Cl. The van der Waals surface area contributed by atoms with Gasteiger partial charge in [0.15, 0.2) is 0 Å². The van der Waals surface area contributed by atoms with Crippen molar-refractivity contribution in [3.63, 3.8) is 0 Å². The van der Waals surface area contributed by atoms with Crippen molar-refractivity contribution in [3.05, 3.63) is 76.3 Å². The number of hydrogen-bond acceptors (Lipinski definition) is 0. The molecule has 0 bridgehead atoms. The molecular weight excluding hydrogens is 288 g/mol. The fourth-order valence-electron chi connectivity index (χ4n) is 4.20. The van der Waals surface area contributed by atoms with Crippen molar-refractivity contribution >= 4 is 17.2 Å². The van der Waals surface area contributed by atoms with E-state index in [0.29, 0.717) is 0 Å². The molecule has 0 aromatic heterocycles. The minimum absolute atomic E-state index is 0.125. The van der Waals surface area contributed by atoms with Crippen LogP contribution in [-0.2, 0) is 5.41 Å². The number of halogens is 1. The van der Waals surface area contributed by atoms with Crippen LogP contribution in [0.4, 0.5) is 0 Å². The van der Waals surface area contributed by atoms with Crippen molar-refractivity contribution < 1.29 is 0 Å². The van der Waals surface area contributed by atoms with Crippen molar-refractivity contribution in [3.8, 4) is 0 Å². The average Bonchev–Trinajstić information content (AvgIpc) is 2.56. The second kappa shape index (κ2) is 6.30. The fourth-order valence-corrected chi connectivity index (χ4v) is 4.43. The van der Waals surface area contributed by atoms with Gasteiger partial charge in [0.2, 0.25) is 0 Å². The molecule has 0 saturated heterocycles. The Balaban J connectivity index is 2.36. The maximum Gasteiger partial charge on any atom is 0.0215 e. The minimum atomic E-state index is 0.125. The summed E-state index contributed by atoms with van der Waals surface area (Å²) in [6.45, 7) is 4.57. The molecule has 1 heteroatoms. The molecule has 0 spiro atoms. The van der Waals surface area contributed by atoms with Gasteiger partial charge in [-0.15, -0.1) is 0 Å². The quantitative estimate of drug-likeness (QED) is 0.603. The maximum atomic E-state index is 6.22. The Morgan fingerprint density at radius 3 is 1.68 bits per heavy atom. The summed E-state index contributed by atoms with van der Waals surface area (Å²) in [6.07, 6.45) is 4.74. The lowest BCUT2D eigenvalue weighted by Crippen LogP contribution is -2.33. The first kappa shape index (κ1) is 15.4. The van der Waals surface area contributed by atoms with Crippen LogP contribution in [0.15, 0.2) is 54.1 Å². The molecule has 0 atom stereocenters. The van der Waals surface area contributed by atoms with Crippen molar-refractivity contribution in [1.82, 2.24) is 0 Å². The van der Waals surface area contributed by atoms with Gasteiger partial charge in [0.25, 0.3) is 0 Å². The van der Waals surface area contributed by atoms with Gasteiger partial charge in [-0.1, -0.05) is 86.8 Å². The standard InChI is InChI=1S/C21H23Cl/c1-3-13-21(14-4-2)19-11-7-5-9-16(19)18(15-22)17-10-6-8-12-20(17)21/h5-12,15H,3-4,13-14H2,1-2H3. The van der Waals surface area contributed by atoms with Crippen LogP contribution in [0.5, 0.6) is 0 Å². The van der Waals surface area contributed by atoms with Gasteiger partial charge in [0, 0.05) is 16.5 Å². The van der Waals surface area contributed by atoms with E-state index in [1.165, 1.54) is 47.9 Å². The molecule has 22 heavy (non-hydrogen) atoms. The summed E-state index contributed by atoms with van der Waals surface area (Å²) in [5.41, 5.74) is 8.54. The van der Waals surface area contributed by atoms with Crippen molar-refractivity contribution in [2.24, 2.45) is 0 Å². The zero-order valence-corrected chi connectivity index (χ0v) is 14.2. The summed E-state index contributed by atoms with van der Waals surface area (Å²) in [5, 5.41) is 0. The Morgan fingerprint density at radius 1 is 0.818 bits per heavy atom. The molecule has 0 saturated carbocycles. The smallest absolute Gasteiger partial charge is 0.0215 e. The molecule has 2 aromatic carbocycles. The third kappa shape index (κ3) is 2.21. The highest BCUT2D eigenvalue weighted by Gasteiger charge is 2.40. The third-order valence-corrected chi connectivity index (χ3v) is 5.15. The summed E-state index contributed by atoms with van der Waals surface area (Å²) in [5.74, 6) is 0. The molecule has 0 unspecified atom stereocenters. The van der Waals surface area contributed by atoms with E-state index in [0.717, 1.165) is 5.57 Å². The first-order valence-electron chi connectivity index (χ1n) is 8.28. The molecule has 0 aliphatic heterocycles. The van der Waals surface area contributed by atoms with Crippen molar-refractivity contribution in [1.29, 1.82) is 0 Å².